The second-order valence-corrected chi connectivity index (χ2v) is 4.71. The van der Waals surface area contributed by atoms with Crippen molar-refractivity contribution in [3.05, 3.63) is 58.2 Å². The molecule has 92 valence electrons. The zero-order valence-corrected chi connectivity index (χ0v) is 10.9. The molecule has 0 aliphatic heterocycles. The molecule has 0 unspecified atom stereocenters. The summed E-state index contributed by atoms with van der Waals surface area (Å²) < 4.78 is 2.06. The number of thiol groups is 1. The number of rotatable bonds is 3. The predicted octanol–water partition coefficient (Wildman–Crippen LogP) is 2.44. The van der Waals surface area contributed by atoms with E-state index >= 15 is 0 Å². The normalized spacial score (nSPS) is 10.3. The van der Waals surface area contributed by atoms with Gasteiger partial charge in [0.15, 0.2) is 0 Å². The van der Waals surface area contributed by atoms with Crippen LogP contribution in [0.3, 0.4) is 0 Å². The fourth-order valence-corrected chi connectivity index (χ4v) is 1.95. The van der Waals surface area contributed by atoms with Crippen LogP contribution < -0.4 is 0 Å². The summed E-state index contributed by atoms with van der Waals surface area (Å²) in [6.07, 6.45) is 3.80. The minimum Gasteiger partial charge on any atom is -0.289 e. The Labute approximate surface area is 114 Å². The minimum atomic E-state index is -0.417. The highest BCUT2D eigenvalue weighted by atomic mass is 32.1. The molecule has 1 aromatic heterocycles. The average molecular weight is 279 g/mol. The standard InChI is InChI=1S/C11H9N3O2S2/c15-14(16)9-3-1-2-8(6-9)7-10-12-4-5-13(10)11(17)18/h1-6H,7H2,(H,17,18). The van der Waals surface area contributed by atoms with E-state index in [0.29, 0.717) is 16.6 Å². The molecule has 0 N–H and O–H groups in total. The molecule has 0 spiro atoms. The molecule has 2 rings (SSSR count). The van der Waals surface area contributed by atoms with Gasteiger partial charge in [0, 0.05) is 30.9 Å². The number of benzene rings is 1. The van der Waals surface area contributed by atoms with Crippen LogP contribution in [0.2, 0.25) is 0 Å². The lowest BCUT2D eigenvalue weighted by Gasteiger charge is -2.04. The van der Waals surface area contributed by atoms with Crippen molar-refractivity contribution in [1.29, 1.82) is 0 Å². The van der Waals surface area contributed by atoms with Gasteiger partial charge in [0.2, 0.25) is 0 Å². The lowest BCUT2D eigenvalue weighted by Crippen LogP contribution is -2.07. The van der Waals surface area contributed by atoms with Gasteiger partial charge >= 0.3 is 0 Å². The monoisotopic (exact) mass is 279 g/mol. The molecule has 0 aliphatic rings. The van der Waals surface area contributed by atoms with Crippen LogP contribution >= 0.6 is 24.8 Å². The molecule has 0 saturated heterocycles. The molecule has 0 amide bonds. The van der Waals surface area contributed by atoms with Gasteiger partial charge in [-0.1, -0.05) is 24.4 Å². The van der Waals surface area contributed by atoms with Crippen LogP contribution in [0.15, 0.2) is 36.7 Å². The first kappa shape index (κ1) is 12.7. The van der Waals surface area contributed by atoms with E-state index in [1.54, 1.807) is 23.0 Å². The summed E-state index contributed by atoms with van der Waals surface area (Å²) >= 11 is 9.05. The number of imidazole rings is 1. The van der Waals surface area contributed by atoms with Crippen LogP contribution in [0.1, 0.15) is 11.4 Å². The van der Waals surface area contributed by atoms with Gasteiger partial charge in [-0.05, 0) is 5.56 Å². The van der Waals surface area contributed by atoms with Gasteiger partial charge in [-0.15, -0.1) is 12.6 Å². The maximum absolute atomic E-state index is 10.7. The van der Waals surface area contributed by atoms with Crippen molar-refractivity contribution >= 4 is 34.9 Å². The topological polar surface area (TPSA) is 61.0 Å². The Hall–Kier alpha value is -1.73. The minimum absolute atomic E-state index is 0.0686. The largest absolute Gasteiger partial charge is 0.289 e. The van der Waals surface area contributed by atoms with E-state index in [1.165, 1.54) is 12.1 Å². The van der Waals surface area contributed by atoms with Gasteiger partial charge in [-0.25, -0.2) is 4.98 Å². The Morgan fingerprint density at radius 3 is 3.00 bits per heavy atom. The van der Waals surface area contributed by atoms with Crippen molar-refractivity contribution in [2.45, 2.75) is 6.42 Å². The first-order chi connectivity index (χ1) is 8.58. The zero-order valence-electron chi connectivity index (χ0n) is 9.18. The van der Waals surface area contributed by atoms with Crippen molar-refractivity contribution in [1.82, 2.24) is 9.55 Å². The maximum atomic E-state index is 10.7. The van der Waals surface area contributed by atoms with Crippen molar-refractivity contribution in [3.63, 3.8) is 0 Å². The Kier molecular flexibility index (Phi) is 3.73. The number of non-ortho nitro benzene ring substituents is 1. The number of hydrogen-bond donors (Lipinski definition) is 1. The van der Waals surface area contributed by atoms with Crippen LogP contribution in [0.4, 0.5) is 5.69 Å². The quantitative estimate of drug-likeness (QED) is 0.406. The van der Waals surface area contributed by atoms with Gasteiger partial charge in [-0.3, -0.25) is 14.7 Å². The Morgan fingerprint density at radius 2 is 2.33 bits per heavy atom. The van der Waals surface area contributed by atoms with Gasteiger partial charge in [0.25, 0.3) is 5.69 Å². The van der Waals surface area contributed by atoms with Gasteiger partial charge < -0.3 is 0 Å². The number of hydrogen-bond acceptors (Lipinski definition) is 4. The average Bonchev–Trinajstić information content (AvgIpc) is 2.77. The number of aromatic nitrogens is 2. The molecule has 1 heterocycles. The van der Waals surface area contributed by atoms with Crippen molar-refractivity contribution in [2.75, 3.05) is 0 Å². The van der Waals surface area contributed by atoms with Gasteiger partial charge in [0.05, 0.1) is 4.92 Å². The van der Waals surface area contributed by atoms with Crippen LogP contribution in [-0.2, 0) is 6.42 Å². The van der Waals surface area contributed by atoms with Crippen molar-refractivity contribution < 1.29 is 4.92 Å². The van der Waals surface area contributed by atoms with E-state index < -0.39 is 4.92 Å². The predicted molar refractivity (Wildman–Crippen MR) is 75.1 cm³/mol. The van der Waals surface area contributed by atoms with Crippen molar-refractivity contribution in [3.8, 4) is 0 Å². The molecule has 0 atom stereocenters. The molecule has 0 fully saturated rings. The smallest absolute Gasteiger partial charge is 0.269 e. The van der Waals surface area contributed by atoms with E-state index in [2.05, 4.69) is 17.6 Å². The summed E-state index contributed by atoms with van der Waals surface area (Å²) in [5.41, 5.74) is 0.875. The molecule has 1 aromatic carbocycles. The Morgan fingerprint density at radius 1 is 1.56 bits per heavy atom. The van der Waals surface area contributed by atoms with Crippen LogP contribution in [0.25, 0.3) is 0 Å². The summed E-state index contributed by atoms with van der Waals surface area (Å²) in [5.74, 6) is 0.704. The van der Waals surface area contributed by atoms with E-state index in [0.717, 1.165) is 5.56 Å². The Bertz CT molecular complexity index is 610. The summed E-state index contributed by atoms with van der Waals surface area (Å²) in [7, 11) is 0. The second-order valence-electron chi connectivity index (χ2n) is 3.60. The second kappa shape index (κ2) is 5.28. The molecule has 0 saturated carbocycles. The van der Waals surface area contributed by atoms with Gasteiger partial charge in [0.1, 0.15) is 10.1 Å². The first-order valence-corrected chi connectivity index (χ1v) is 5.92. The van der Waals surface area contributed by atoms with E-state index in [9.17, 15) is 10.1 Å². The first-order valence-electron chi connectivity index (χ1n) is 5.07. The van der Waals surface area contributed by atoms with E-state index in [-0.39, 0.29) is 5.69 Å². The molecular weight excluding hydrogens is 270 g/mol. The highest BCUT2D eigenvalue weighted by Crippen LogP contribution is 2.16. The highest BCUT2D eigenvalue weighted by molar-refractivity contribution is 8.11. The van der Waals surface area contributed by atoms with E-state index in [1.807, 2.05) is 6.07 Å². The molecular formula is C11H9N3O2S2. The lowest BCUT2D eigenvalue weighted by atomic mass is 10.1. The summed E-state index contributed by atoms with van der Waals surface area (Å²) in [5, 5.41) is 10.7. The molecule has 0 radical (unpaired) electrons. The highest BCUT2D eigenvalue weighted by Gasteiger charge is 2.09. The maximum Gasteiger partial charge on any atom is 0.269 e. The van der Waals surface area contributed by atoms with Gasteiger partial charge in [-0.2, -0.15) is 0 Å². The molecule has 5 nitrogen and oxygen atoms in total. The SMILES string of the molecule is O=[N+]([O-])c1cccc(Cc2nccn2C(=S)S)c1. The molecule has 0 aliphatic carbocycles. The summed E-state index contributed by atoms with van der Waals surface area (Å²) in [6, 6.07) is 6.45. The Balaban J connectivity index is 2.28. The van der Waals surface area contributed by atoms with Crippen molar-refractivity contribution in [2.24, 2.45) is 0 Å². The van der Waals surface area contributed by atoms with E-state index in [4.69, 9.17) is 12.2 Å². The summed E-state index contributed by atoms with van der Waals surface area (Å²) in [6.45, 7) is 0. The zero-order chi connectivity index (χ0) is 13.1. The number of nitro benzene ring substituents is 1. The lowest BCUT2D eigenvalue weighted by molar-refractivity contribution is -0.384. The number of thiocarbonyl (C=S) groups is 1. The molecule has 0 bridgehead atoms. The third kappa shape index (κ3) is 2.74. The van der Waals surface area contributed by atoms with Crippen LogP contribution in [0, 0.1) is 10.1 Å². The number of nitrogens with zero attached hydrogens (tertiary/aromatic N) is 3. The fourth-order valence-electron chi connectivity index (χ4n) is 1.60. The van der Waals surface area contributed by atoms with Crippen LogP contribution in [-0.4, -0.2) is 18.8 Å². The fraction of sp³-hybridized carbons (Fsp3) is 0.0909. The summed E-state index contributed by atoms with van der Waals surface area (Å²) in [4.78, 5) is 14.4. The van der Waals surface area contributed by atoms with Crippen LogP contribution in [0.5, 0.6) is 0 Å². The molecule has 7 heteroatoms. The third-order valence-corrected chi connectivity index (χ3v) is 2.82. The number of nitro groups is 1. The molecule has 18 heavy (non-hydrogen) atoms. The molecule has 2 aromatic rings. The third-order valence-electron chi connectivity index (χ3n) is 2.41.